The average molecular weight is 344 g/mol. The van der Waals surface area contributed by atoms with E-state index >= 15 is 0 Å². The van der Waals surface area contributed by atoms with Crippen LogP contribution in [0.5, 0.6) is 0 Å². The maximum Gasteiger partial charge on any atom is 0.307 e. The maximum atomic E-state index is 12.6. The minimum Gasteiger partial charge on any atom is -0.481 e. The highest BCUT2D eigenvalue weighted by Gasteiger charge is 2.17. The maximum absolute atomic E-state index is 12.6. The van der Waals surface area contributed by atoms with Crippen molar-refractivity contribution in [2.24, 2.45) is 0 Å². The minimum atomic E-state index is -0.896. The molecule has 6 nitrogen and oxygen atoms in total. The van der Waals surface area contributed by atoms with Gasteiger partial charge in [-0.1, -0.05) is 23.7 Å². The van der Waals surface area contributed by atoms with Crippen molar-refractivity contribution in [2.75, 3.05) is 5.32 Å². The predicted octanol–water partition coefficient (Wildman–Crippen LogP) is 3.18. The first-order chi connectivity index (χ1) is 11.4. The molecule has 0 unspecified atom stereocenters. The molecule has 0 radical (unpaired) electrons. The molecule has 1 amide bonds. The molecule has 122 valence electrons. The Morgan fingerprint density at radius 3 is 2.62 bits per heavy atom. The quantitative estimate of drug-likeness (QED) is 0.762. The number of fused-ring (bicyclic) bond motifs is 1. The van der Waals surface area contributed by atoms with Crippen molar-refractivity contribution >= 4 is 34.8 Å². The number of carbonyl (C=O) groups excluding carboxylic acids is 1. The van der Waals surface area contributed by atoms with Gasteiger partial charge < -0.3 is 10.4 Å². The Hall–Kier alpha value is -2.86. The summed E-state index contributed by atoms with van der Waals surface area (Å²) >= 11 is 5.94. The number of anilines is 1. The number of aromatic nitrogens is 2. The zero-order valence-electron chi connectivity index (χ0n) is 12.8. The van der Waals surface area contributed by atoms with Gasteiger partial charge in [-0.2, -0.15) is 0 Å². The SMILES string of the molecule is Cc1nc2cc(Cl)ccn2c1C(=O)Nc1ccc(CC(=O)O)cc1. The zero-order chi connectivity index (χ0) is 17.3. The molecule has 1 aromatic carbocycles. The Bertz CT molecular complexity index is 932. The molecule has 3 aromatic rings. The molecule has 3 rings (SSSR count). The molecule has 0 aliphatic rings. The first kappa shape index (κ1) is 16.0. The Morgan fingerprint density at radius 1 is 1.25 bits per heavy atom. The van der Waals surface area contributed by atoms with Gasteiger partial charge in [0.1, 0.15) is 11.3 Å². The van der Waals surface area contributed by atoms with E-state index in [1.54, 1.807) is 53.9 Å². The predicted molar refractivity (Wildman–Crippen MR) is 90.7 cm³/mol. The van der Waals surface area contributed by atoms with Crippen LogP contribution in [0.15, 0.2) is 42.6 Å². The second-order valence-electron chi connectivity index (χ2n) is 5.34. The van der Waals surface area contributed by atoms with E-state index in [0.717, 1.165) is 0 Å². The molecule has 0 aliphatic heterocycles. The number of halogens is 1. The van der Waals surface area contributed by atoms with Crippen LogP contribution >= 0.6 is 11.6 Å². The van der Waals surface area contributed by atoms with Crippen LogP contribution in [-0.4, -0.2) is 26.4 Å². The number of benzene rings is 1. The van der Waals surface area contributed by atoms with Gasteiger partial charge in [0, 0.05) is 23.0 Å². The van der Waals surface area contributed by atoms with Crippen LogP contribution in [0.3, 0.4) is 0 Å². The normalized spacial score (nSPS) is 10.8. The molecule has 0 bridgehead atoms. The number of imidazole rings is 1. The van der Waals surface area contributed by atoms with E-state index in [1.807, 2.05) is 0 Å². The lowest BCUT2D eigenvalue weighted by Gasteiger charge is -2.07. The van der Waals surface area contributed by atoms with E-state index in [2.05, 4.69) is 10.3 Å². The summed E-state index contributed by atoms with van der Waals surface area (Å²) in [6.07, 6.45) is 1.64. The summed E-state index contributed by atoms with van der Waals surface area (Å²) in [5.74, 6) is -1.19. The Kier molecular flexibility index (Phi) is 4.22. The van der Waals surface area contributed by atoms with Crippen molar-refractivity contribution in [3.8, 4) is 0 Å². The van der Waals surface area contributed by atoms with Gasteiger partial charge in [-0.15, -0.1) is 0 Å². The number of aryl methyl sites for hydroxylation is 1. The third-order valence-electron chi connectivity index (χ3n) is 3.54. The third-order valence-corrected chi connectivity index (χ3v) is 3.78. The van der Waals surface area contributed by atoms with E-state index < -0.39 is 5.97 Å². The van der Waals surface area contributed by atoms with Crippen LogP contribution in [0.25, 0.3) is 5.65 Å². The summed E-state index contributed by atoms with van der Waals surface area (Å²) in [5.41, 5.74) is 2.87. The number of nitrogens with zero attached hydrogens (tertiary/aromatic N) is 2. The van der Waals surface area contributed by atoms with Crippen LogP contribution in [0, 0.1) is 6.92 Å². The number of amides is 1. The Balaban J connectivity index is 1.85. The van der Waals surface area contributed by atoms with Crippen molar-refractivity contribution in [2.45, 2.75) is 13.3 Å². The fraction of sp³-hybridized carbons (Fsp3) is 0.118. The molecule has 0 aliphatic carbocycles. The zero-order valence-corrected chi connectivity index (χ0v) is 13.5. The highest BCUT2D eigenvalue weighted by Crippen LogP contribution is 2.18. The summed E-state index contributed by atoms with van der Waals surface area (Å²) in [4.78, 5) is 27.6. The van der Waals surface area contributed by atoms with Crippen LogP contribution in [0.1, 0.15) is 21.7 Å². The lowest BCUT2D eigenvalue weighted by Crippen LogP contribution is -2.15. The highest BCUT2D eigenvalue weighted by atomic mass is 35.5. The lowest BCUT2D eigenvalue weighted by molar-refractivity contribution is -0.136. The fourth-order valence-electron chi connectivity index (χ4n) is 2.48. The minimum absolute atomic E-state index is 0.0542. The molecular formula is C17H14ClN3O3. The van der Waals surface area contributed by atoms with Crippen molar-refractivity contribution in [3.05, 3.63) is 64.6 Å². The molecule has 2 N–H and O–H groups in total. The molecule has 2 heterocycles. The number of carboxylic acids is 1. The van der Waals surface area contributed by atoms with Crippen molar-refractivity contribution in [1.29, 1.82) is 0 Å². The van der Waals surface area contributed by atoms with Crippen molar-refractivity contribution in [1.82, 2.24) is 9.38 Å². The first-order valence-electron chi connectivity index (χ1n) is 7.20. The number of nitrogens with one attached hydrogen (secondary N) is 1. The summed E-state index contributed by atoms with van der Waals surface area (Å²) < 4.78 is 1.68. The van der Waals surface area contributed by atoms with Gasteiger partial charge in [0.15, 0.2) is 0 Å². The molecule has 2 aromatic heterocycles. The third kappa shape index (κ3) is 3.23. The molecule has 7 heteroatoms. The molecule has 24 heavy (non-hydrogen) atoms. The van der Waals surface area contributed by atoms with Gasteiger partial charge in [0.05, 0.1) is 12.1 Å². The summed E-state index contributed by atoms with van der Waals surface area (Å²) in [6.45, 7) is 1.76. The smallest absolute Gasteiger partial charge is 0.307 e. The molecule has 0 saturated carbocycles. The van der Waals surface area contributed by atoms with E-state index in [4.69, 9.17) is 16.7 Å². The standard InChI is InChI=1S/C17H14ClN3O3/c1-10-16(21-7-6-12(18)9-14(21)19-10)17(24)20-13-4-2-11(3-5-13)8-15(22)23/h2-7,9H,8H2,1H3,(H,20,24)(H,22,23). The van der Waals surface area contributed by atoms with E-state index in [0.29, 0.717) is 33.3 Å². The number of hydrogen-bond donors (Lipinski definition) is 2. The second-order valence-corrected chi connectivity index (χ2v) is 5.78. The first-order valence-corrected chi connectivity index (χ1v) is 7.58. The topological polar surface area (TPSA) is 83.7 Å². The molecular weight excluding hydrogens is 330 g/mol. The lowest BCUT2D eigenvalue weighted by atomic mass is 10.1. The monoisotopic (exact) mass is 343 g/mol. The summed E-state index contributed by atoms with van der Waals surface area (Å²) in [5, 5.41) is 12.1. The van der Waals surface area contributed by atoms with Crippen LogP contribution in [0.4, 0.5) is 5.69 Å². The second kappa shape index (κ2) is 6.33. The van der Waals surface area contributed by atoms with Crippen LogP contribution in [0.2, 0.25) is 5.02 Å². The molecule has 0 fully saturated rings. The molecule has 0 saturated heterocycles. The molecule has 0 spiro atoms. The number of aliphatic carboxylic acids is 1. The van der Waals surface area contributed by atoms with Gasteiger partial charge in [-0.3, -0.25) is 14.0 Å². The van der Waals surface area contributed by atoms with E-state index in [1.165, 1.54) is 0 Å². The van der Waals surface area contributed by atoms with Gasteiger partial charge in [-0.25, -0.2) is 4.98 Å². The number of carbonyl (C=O) groups is 2. The largest absolute Gasteiger partial charge is 0.481 e. The number of carboxylic acid groups (broad SMARTS) is 1. The Morgan fingerprint density at radius 2 is 1.96 bits per heavy atom. The van der Waals surface area contributed by atoms with E-state index in [9.17, 15) is 9.59 Å². The average Bonchev–Trinajstić information content (AvgIpc) is 2.83. The number of hydrogen-bond acceptors (Lipinski definition) is 3. The fourth-order valence-corrected chi connectivity index (χ4v) is 2.64. The van der Waals surface area contributed by atoms with Gasteiger partial charge in [-0.05, 0) is 30.7 Å². The van der Waals surface area contributed by atoms with Crippen molar-refractivity contribution in [3.63, 3.8) is 0 Å². The summed E-state index contributed by atoms with van der Waals surface area (Å²) in [6, 6.07) is 10.1. The highest BCUT2D eigenvalue weighted by molar-refractivity contribution is 6.30. The summed E-state index contributed by atoms with van der Waals surface area (Å²) in [7, 11) is 0. The molecule has 0 atom stereocenters. The van der Waals surface area contributed by atoms with Crippen LogP contribution < -0.4 is 5.32 Å². The number of pyridine rings is 1. The Labute approximate surface area is 142 Å². The van der Waals surface area contributed by atoms with Gasteiger partial charge in [0.25, 0.3) is 5.91 Å². The van der Waals surface area contributed by atoms with Gasteiger partial charge in [0.2, 0.25) is 0 Å². The number of rotatable bonds is 4. The van der Waals surface area contributed by atoms with Crippen molar-refractivity contribution < 1.29 is 14.7 Å². The van der Waals surface area contributed by atoms with Crippen LogP contribution in [-0.2, 0) is 11.2 Å². The van der Waals surface area contributed by atoms with Gasteiger partial charge >= 0.3 is 5.97 Å². The van der Waals surface area contributed by atoms with E-state index in [-0.39, 0.29) is 12.3 Å².